The molecule has 1 aromatic heterocycles. The minimum Gasteiger partial charge on any atom is -0.406 e. The molecule has 3 aromatic rings. The van der Waals surface area contributed by atoms with E-state index < -0.39 is 35.3 Å². The fourth-order valence-electron chi connectivity index (χ4n) is 2.53. The zero-order chi connectivity index (χ0) is 21.3. The van der Waals surface area contributed by atoms with Crippen molar-refractivity contribution >= 4 is 23.2 Å². The first kappa shape index (κ1) is 20.6. The maximum Gasteiger partial charge on any atom is 0.573 e. The largest absolute Gasteiger partial charge is 0.573 e. The summed E-state index contributed by atoms with van der Waals surface area (Å²) in [6.45, 7) is 0. The summed E-state index contributed by atoms with van der Waals surface area (Å²) in [7, 11) is 1.46. The number of halogens is 6. The number of benzene rings is 2. The van der Waals surface area contributed by atoms with Crippen LogP contribution in [0.15, 0.2) is 42.5 Å². The van der Waals surface area contributed by atoms with Gasteiger partial charge in [0.25, 0.3) is 5.91 Å². The number of alkyl halides is 3. The van der Waals surface area contributed by atoms with E-state index in [9.17, 15) is 26.7 Å². The Morgan fingerprint density at radius 2 is 1.79 bits per heavy atom. The molecule has 0 atom stereocenters. The van der Waals surface area contributed by atoms with Crippen molar-refractivity contribution in [2.24, 2.45) is 7.05 Å². The monoisotopic (exact) mass is 431 g/mol. The lowest BCUT2D eigenvalue weighted by molar-refractivity contribution is -0.274. The Morgan fingerprint density at radius 1 is 1.14 bits per heavy atom. The number of amides is 1. The van der Waals surface area contributed by atoms with Crippen molar-refractivity contribution in [2.45, 2.75) is 6.36 Å². The average molecular weight is 432 g/mol. The third-order valence-corrected chi connectivity index (χ3v) is 4.08. The topological polar surface area (TPSA) is 56.2 Å². The van der Waals surface area contributed by atoms with Crippen LogP contribution >= 0.6 is 11.6 Å². The number of hydrogen-bond donors (Lipinski definition) is 1. The van der Waals surface area contributed by atoms with E-state index >= 15 is 0 Å². The number of aromatic nitrogens is 2. The zero-order valence-corrected chi connectivity index (χ0v) is 15.3. The molecule has 29 heavy (non-hydrogen) atoms. The first-order valence-corrected chi connectivity index (χ1v) is 8.28. The van der Waals surface area contributed by atoms with E-state index in [0.717, 1.165) is 30.3 Å². The molecule has 11 heteroatoms. The predicted molar refractivity (Wildman–Crippen MR) is 94.6 cm³/mol. The predicted octanol–water partition coefficient (Wildman–Crippen LogP) is 5.17. The molecule has 0 aliphatic rings. The smallest absolute Gasteiger partial charge is 0.406 e. The number of nitrogens with zero attached hydrogens (tertiary/aromatic N) is 2. The summed E-state index contributed by atoms with van der Waals surface area (Å²) in [5.41, 5.74) is -0.256. The van der Waals surface area contributed by atoms with Crippen LogP contribution < -0.4 is 10.1 Å². The number of para-hydroxylation sites is 1. The lowest BCUT2D eigenvalue weighted by Gasteiger charge is -2.11. The highest BCUT2D eigenvalue weighted by molar-refractivity contribution is 6.33. The van der Waals surface area contributed by atoms with Gasteiger partial charge in [0.05, 0.1) is 10.7 Å². The van der Waals surface area contributed by atoms with Gasteiger partial charge in [0.15, 0.2) is 5.69 Å². The first-order chi connectivity index (χ1) is 13.5. The molecule has 0 saturated carbocycles. The SMILES string of the molecule is Cn1nc(C(=O)Nc2c(F)cccc2F)cc1-c1ccc(OC(F)(F)F)cc1Cl. The van der Waals surface area contributed by atoms with Crippen molar-refractivity contribution in [3.05, 3.63) is 64.8 Å². The summed E-state index contributed by atoms with van der Waals surface area (Å²) in [5, 5.41) is 5.97. The van der Waals surface area contributed by atoms with E-state index in [1.54, 1.807) is 0 Å². The Balaban J connectivity index is 1.88. The molecule has 0 aliphatic carbocycles. The number of ether oxygens (including phenoxy) is 1. The molecule has 1 N–H and O–H groups in total. The fraction of sp³-hybridized carbons (Fsp3) is 0.111. The van der Waals surface area contributed by atoms with Gasteiger partial charge in [-0.1, -0.05) is 17.7 Å². The highest BCUT2D eigenvalue weighted by atomic mass is 35.5. The van der Waals surface area contributed by atoms with Crippen molar-refractivity contribution < 1.29 is 31.5 Å². The van der Waals surface area contributed by atoms with Crippen LogP contribution in [0.3, 0.4) is 0 Å². The van der Waals surface area contributed by atoms with Gasteiger partial charge < -0.3 is 10.1 Å². The second-order valence-electron chi connectivity index (χ2n) is 5.78. The Labute approximate surface area is 165 Å². The van der Waals surface area contributed by atoms with Crippen molar-refractivity contribution in [1.29, 1.82) is 0 Å². The summed E-state index contributed by atoms with van der Waals surface area (Å²) < 4.78 is 69.4. The van der Waals surface area contributed by atoms with E-state index in [4.69, 9.17) is 11.6 Å². The summed E-state index contributed by atoms with van der Waals surface area (Å²) >= 11 is 6.04. The number of carbonyl (C=O) groups excluding carboxylic acids is 1. The van der Waals surface area contributed by atoms with Crippen LogP contribution in [-0.4, -0.2) is 22.1 Å². The number of nitrogens with one attached hydrogen (secondary N) is 1. The van der Waals surface area contributed by atoms with Gasteiger partial charge in [0.1, 0.15) is 23.1 Å². The molecule has 0 radical (unpaired) electrons. The summed E-state index contributed by atoms with van der Waals surface area (Å²) in [6.07, 6.45) is -4.87. The van der Waals surface area contributed by atoms with Gasteiger partial charge in [0, 0.05) is 12.6 Å². The van der Waals surface area contributed by atoms with Gasteiger partial charge in [-0.3, -0.25) is 9.48 Å². The third kappa shape index (κ3) is 4.65. The standard InChI is InChI=1S/C18H11ClF5N3O2/c1-27-15(10-6-5-9(7-11(10)19)29-18(22,23)24)8-14(26-27)17(28)25-16-12(20)3-2-4-13(16)21/h2-8H,1H3,(H,25,28). The first-order valence-electron chi connectivity index (χ1n) is 7.90. The number of rotatable bonds is 4. The van der Waals surface area contributed by atoms with Crippen LogP contribution in [0.4, 0.5) is 27.6 Å². The Morgan fingerprint density at radius 3 is 2.38 bits per heavy atom. The molecule has 0 unspecified atom stereocenters. The molecule has 0 fully saturated rings. The minimum atomic E-state index is -4.87. The minimum absolute atomic E-state index is 0.0816. The van der Waals surface area contributed by atoms with Crippen molar-refractivity contribution in [1.82, 2.24) is 9.78 Å². The fourth-order valence-corrected chi connectivity index (χ4v) is 2.79. The molecule has 0 spiro atoms. The molecule has 1 amide bonds. The van der Waals surface area contributed by atoms with Crippen LogP contribution in [0.25, 0.3) is 11.3 Å². The molecular weight excluding hydrogens is 421 g/mol. The Hall–Kier alpha value is -3.14. The maximum atomic E-state index is 13.7. The molecule has 5 nitrogen and oxygen atoms in total. The van der Waals surface area contributed by atoms with Gasteiger partial charge in [-0.2, -0.15) is 5.10 Å². The van der Waals surface area contributed by atoms with Gasteiger partial charge in [0.2, 0.25) is 0 Å². The Kier molecular flexibility index (Phi) is 5.47. The number of aryl methyl sites for hydroxylation is 1. The third-order valence-electron chi connectivity index (χ3n) is 3.76. The van der Waals surface area contributed by atoms with Crippen LogP contribution in [-0.2, 0) is 7.05 Å². The lowest BCUT2D eigenvalue weighted by Crippen LogP contribution is -2.17. The maximum absolute atomic E-state index is 13.7. The summed E-state index contributed by atoms with van der Waals surface area (Å²) in [4.78, 5) is 12.3. The summed E-state index contributed by atoms with van der Waals surface area (Å²) in [5.74, 6) is -3.32. The Bertz CT molecular complexity index is 1060. The molecule has 0 bridgehead atoms. The molecule has 0 aliphatic heterocycles. The van der Waals surface area contributed by atoms with Crippen molar-refractivity contribution in [3.8, 4) is 17.0 Å². The quantitative estimate of drug-likeness (QED) is 0.580. The number of hydrogen-bond acceptors (Lipinski definition) is 3. The molecular formula is C18H11ClF5N3O2. The van der Waals surface area contributed by atoms with Gasteiger partial charge >= 0.3 is 6.36 Å². The van der Waals surface area contributed by atoms with E-state index in [0.29, 0.717) is 0 Å². The average Bonchev–Trinajstić information content (AvgIpc) is 2.98. The second-order valence-corrected chi connectivity index (χ2v) is 6.19. The molecule has 0 saturated heterocycles. The van der Waals surface area contributed by atoms with Crippen LogP contribution in [0, 0.1) is 11.6 Å². The zero-order valence-electron chi connectivity index (χ0n) is 14.5. The van der Waals surface area contributed by atoms with Crippen LogP contribution in [0.5, 0.6) is 5.75 Å². The van der Waals surface area contributed by atoms with E-state index in [1.165, 1.54) is 23.9 Å². The number of carbonyl (C=O) groups is 1. The van der Waals surface area contributed by atoms with Crippen LogP contribution in [0.1, 0.15) is 10.5 Å². The van der Waals surface area contributed by atoms with Crippen LogP contribution in [0.2, 0.25) is 5.02 Å². The van der Waals surface area contributed by atoms with Gasteiger partial charge in [-0.05, 0) is 36.4 Å². The molecule has 1 heterocycles. The summed E-state index contributed by atoms with van der Waals surface area (Å²) in [6, 6.07) is 7.66. The van der Waals surface area contributed by atoms with Gasteiger partial charge in [-0.25, -0.2) is 8.78 Å². The van der Waals surface area contributed by atoms with Gasteiger partial charge in [-0.15, -0.1) is 13.2 Å². The second kappa shape index (κ2) is 7.70. The highest BCUT2D eigenvalue weighted by Gasteiger charge is 2.31. The number of anilines is 1. The van der Waals surface area contributed by atoms with E-state index in [-0.39, 0.29) is 22.0 Å². The molecule has 3 rings (SSSR count). The lowest BCUT2D eigenvalue weighted by atomic mass is 10.1. The highest BCUT2D eigenvalue weighted by Crippen LogP contribution is 2.33. The van der Waals surface area contributed by atoms with E-state index in [2.05, 4.69) is 15.2 Å². The van der Waals surface area contributed by atoms with Crippen molar-refractivity contribution in [3.63, 3.8) is 0 Å². The normalized spacial score (nSPS) is 11.4. The van der Waals surface area contributed by atoms with E-state index in [1.807, 2.05) is 0 Å². The molecule has 152 valence electrons. The molecule has 2 aromatic carbocycles. The van der Waals surface area contributed by atoms with Crippen molar-refractivity contribution in [2.75, 3.05) is 5.32 Å².